The molecule has 2 heterocycles. The molecule has 18 heavy (non-hydrogen) atoms. The summed E-state index contributed by atoms with van der Waals surface area (Å²) in [7, 11) is 0. The van der Waals surface area contributed by atoms with Crippen molar-refractivity contribution in [2.45, 2.75) is 26.7 Å². The zero-order chi connectivity index (χ0) is 13.0. The van der Waals surface area contributed by atoms with Crippen LogP contribution < -0.4 is 5.32 Å². The topological polar surface area (TPSA) is 57.8 Å². The van der Waals surface area contributed by atoms with Crippen molar-refractivity contribution < 1.29 is 4.79 Å². The van der Waals surface area contributed by atoms with Crippen molar-refractivity contribution in [1.29, 1.82) is 0 Å². The molecule has 0 aliphatic carbocycles. The van der Waals surface area contributed by atoms with Gasteiger partial charge in [0.2, 0.25) is 5.91 Å². The molecule has 2 aromatic heterocycles. The number of H-pyrrole nitrogens is 1. The minimum atomic E-state index is 0.0698. The molecule has 0 radical (unpaired) electrons. The normalized spacial score (nSPS) is 11.1. The number of amides is 1. The second kappa shape index (κ2) is 5.67. The minimum Gasteiger partial charge on any atom is -0.356 e. The van der Waals surface area contributed by atoms with Gasteiger partial charge in [0.25, 0.3) is 0 Å². The lowest BCUT2D eigenvalue weighted by molar-refractivity contribution is -0.120. The van der Waals surface area contributed by atoms with E-state index in [-0.39, 0.29) is 5.91 Å². The van der Waals surface area contributed by atoms with E-state index in [0.717, 1.165) is 29.6 Å². The molecule has 0 bridgehead atoms. The average Bonchev–Trinajstić information content (AvgIpc) is 2.72. The van der Waals surface area contributed by atoms with E-state index < -0.39 is 0 Å². The SMILES string of the molecule is CC(C)CCNC(=O)Cc1c[nH]c2ncccc12. The van der Waals surface area contributed by atoms with Crippen LogP contribution in [0, 0.1) is 5.92 Å². The van der Waals surface area contributed by atoms with Crippen molar-refractivity contribution in [3.05, 3.63) is 30.1 Å². The Hall–Kier alpha value is -1.84. The molecule has 0 saturated heterocycles. The van der Waals surface area contributed by atoms with Gasteiger partial charge in [-0.25, -0.2) is 4.98 Å². The van der Waals surface area contributed by atoms with Crippen LogP contribution in [-0.4, -0.2) is 22.4 Å². The van der Waals surface area contributed by atoms with Gasteiger partial charge in [-0.2, -0.15) is 0 Å². The summed E-state index contributed by atoms with van der Waals surface area (Å²) in [6.45, 7) is 5.05. The Morgan fingerprint density at radius 3 is 3.11 bits per heavy atom. The smallest absolute Gasteiger partial charge is 0.224 e. The van der Waals surface area contributed by atoms with E-state index >= 15 is 0 Å². The molecule has 2 N–H and O–H groups in total. The van der Waals surface area contributed by atoms with Crippen LogP contribution in [0.25, 0.3) is 11.0 Å². The monoisotopic (exact) mass is 245 g/mol. The molecule has 2 rings (SSSR count). The Balaban J connectivity index is 1.95. The van der Waals surface area contributed by atoms with Crippen molar-refractivity contribution in [1.82, 2.24) is 15.3 Å². The molecule has 0 aliphatic heterocycles. The summed E-state index contributed by atoms with van der Waals surface area (Å²) in [6.07, 6.45) is 5.02. The molecule has 2 aromatic rings. The molecular formula is C14H19N3O. The lowest BCUT2D eigenvalue weighted by Gasteiger charge is -2.06. The number of nitrogens with one attached hydrogen (secondary N) is 2. The molecule has 4 heteroatoms. The van der Waals surface area contributed by atoms with E-state index in [0.29, 0.717) is 12.3 Å². The first-order chi connectivity index (χ1) is 8.66. The maximum absolute atomic E-state index is 11.8. The number of pyridine rings is 1. The van der Waals surface area contributed by atoms with Crippen molar-refractivity contribution in [2.24, 2.45) is 5.92 Å². The van der Waals surface area contributed by atoms with Crippen molar-refractivity contribution in [3.8, 4) is 0 Å². The Bertz CT molecular complexity index is 531. The highest BCUT2D eigenvalue weighted by Crippen LogP contribution is 2.15. The number of nitrogens with zero attached hydrogens (tertiary/aromatic N) is 1. The predicted molar refractivity (Wildman–Crippen MR) is 72.3 cm³/mol. The number of aromatic amines is 1. The van der Waals surface area contributed by atoms with Crippen LogP contribution in [0.5, 0.6) is 0 Å². The van der Waals surface area contributed by atoms with Gasteiger partial charge >= 0.3 is 0 Å². The van der Waals surface area contributed by atoms with E-state index in [9.17, 15) is 4.79 Å². The largest absolute Gasteiger partial charge is 0.356 e. The fourth-order valence-corrected chi connectivity index (χ4v) is 1.89. The lowest BCUT2D eigenvalue weighted by atomic mass is 10.1. The first kappa shape index (κ1) is 12.6. The second-order valence-electron chi connectivity index (χ2n) is 4.92. The van der Waals surface area contributed by atoms with Crippen molar-refractivity contribution in [2.75, 3.05) is 6.54 Å². The van der Waals surface area contributed by atoms with Crippen LogP contribution in [-0.2, 0) is 11.2 Å². The van der Waals surface area contributed by atoms with Gasteiger partial charge in [-0.15, -0.1) is 0 Å². The zero-order valence-electron chi connectivity index (χ0n) is 10.9. The second-order valence-corrected chi connectivity index (χ2v) is 4.92. The summed E-state index contributed by atoms with van der Waals surface area (Å²) < 4.78 is 0. The molecular weight excluding hydrogens is 226 g/mol. The molecule has 96 valence electrons. The molecule has 1 amide bonds. The van der Waals surface area contributed by atoms with Crippen LogP contribution in [0.3, 0.4) is 0 Å². The van der Waals surface area contributed by atoms with Gasteiger partial charge in [-0.1, -0.05) is 13.8 Å². The minimum absolute atomic E-state index is 0.0698. The van der Waals surface area contributed by atoms with Crippen LogP contribution in [0.4, 0.5) is 0 Å². The van der Waals surface area contributed by atoms with Crippen molar-refractivity contribution >= 4 is 16.9 Å². The first-order valence-electron chi connectivity index (χ1n) is 6.34. The highest BCUT2D eigenvalue weighted by atomic mass is 16.1. The summed E-state index contributed by atoms with van der Waals surface area (Å²) in [5.41, 5.74) is 1.84. The number of hydrogen-bond donors (Lipinski definition) is 2. The van der Waals surface area contributed by atoms with E-state index in [2.05, 4.69) is 29.1 Å². The van der Waals surface area contributed by atoms with Crippen LogP contribution in [0.2, 0.25) is 0 Å². The van der Waals surface area contributed by atoms with Gasteiger partial charge < -0.3 is 10.3 Å². The summed E-state index contributed by atoms with van der Waals surface area (Å²) >= 11 is 0. The maximum Gasteiger partial charge on any atom is 0.224 e. The molecule has 0 saturated carbocycles. The van der Waals surface area contributed by atoms with Gasteiger partial charge in [0.15, 0.2) is 0 Å². The Kier molecular flexibility index (Phi) is 3.97. The summed E-state index contributed by atoms with van der Waals surface area (Å²) in [5.74, 6) is 0.683. The third-order valence-corrected chi connectivity index (χ3v) is 2.93. The molecule has 0 fully saturated rings. The van der Waals surface area contributed by atoms with Crippen molar-refractivity contribution in [3.63, 3.8) is 0 Å². The van der Waals surface area contributed by atoms with Gasteiger partial charge in [-0.3, -0.25) is 4.79 Å². The van der Waals surface area contributed by atoms with Gasteiger partial charge in [0.1, 0.15) is 5.65 Å². The number of carbonyl (C=O) groups excluding carboxylic acids is 1. The van der Waals surface area contributed by atoms with Crippen LogP contribution >= 0.6 is 0 Å². The Morgan fingerprint density at radius 2 is 2.33 bits per heavy atom. The third-order valence-electron chi connectivity index (χ3n) is 2.93. The van der Waals surface area contributed by atoms with E-state index in [1.165, 1.54) is 0 Å². The summed E-state index contributed by atoms with van der Waals surface area (Å²) in [6, 6.07) is 3.87. The predicted octanol–water partition coefficient (Wildman–Crippen LogP) is 2.27. The molecule has 0 unspecified atom stereocenters. The van der Waals surface area contributed by atoms with E-state index in [1.807, 2.05) is 18.3 Å². The molecule has 0 aliphatic rings. The zero-order valence-corrected chi connectivity index (χ0v) is 10.9. The number of fused-ring (bicyclic) bond motifs is 1. The fourth-order valence-electron chi connectivity index (χ4n) is 1.89. The molecule has 0 aromatic carbocycles. The third kappa shape index (κ3) is 3.09. The van der Waals surface area contributed by atoms with Gasteiger partial charge in [0.05, 0.1) is 6.42 Å². The number of hydrogen-bond acceptors (Lipinski definition) is 2. The summed E-state index contributed by atoms with van der Waals surface area (Å²) in [4.78, 5) is 19.1. The van der Waals surface area contributed by atoms with Gasteiger partial charge in [-0.05, 0) is 30.0 Å². The fraction of sp³-hybridized carbons (Fsp3) is 0.429. The number of rotatable bonds is 5. The standard InChI is InChI=1S/C14H19N3O/c1-10(2)5-7-15-13(18)8-11-9-17-14-12(11)4-3-6-16-14/h3-4,6,9-10H,5,7-8H2,1-2H3,(H,15,18)(H,16,17). The lowest BCUT2D eigenvalue weighted by Crippen LogP contribution is -2.26. The van der Waals surface area contributed by atoms with E-state index in [4.69, 9.17) is 0 Å². The summed E-state index contributed by atoms with van der Waals surface area (Å²) in [5, 5.41) is 3.97. The average molecular weight is 245 g/mol. The Morgan fingerprint density at radius 1 is 1.50 bits per heavy atom. The Labute approximate surface area is 107 Å². The highest BCUT2D eigenvalue weighted by molar-refractivity contribution is 5.86. The molecule has 0 atom stereocenters. The first-order valence-corrected chi connectivity index (χ1v) is 6.34. The molecule has 4 nitrogen and oxygen atoms in total. The molecule has 0 spiro atoms. The number of carbonyl (C=O) groups is 1. The van der Waals surface area contributed by atoms with Gasteiger partial charge in [0, 0.05) is 24.3 Å². The van der Waals surface area contributed by atoms with E-state index in [1.54, 1.807) is 6.20 Å². The highest BCUT2D eigenvalue weighted by Gasteiger charge is 2.08. The van der Waals surface area contributed by atoms with Crippen LogP contribution in [0.1, 0.15) is 25.8 Å². The quantitative estimate of drug-likeness (QED) is 0.849. The number of aromatic nitrogens is 2. The maximum atomic E-state index is 11.8. The van der Waals surface area contributed by atoms with Crippen LogP contribution in [0.15, 0.2) is 24.5 Å².